The Labute approximate surface area is 160 Å². The van der Waals surface area contributed by atoms with Crippen LogP contribution in [0.1, 0.15) is 18.1 Å². The van der Waals surface area contributed by atoms with Crippen LogP contribution in [0.15, 0.2) is 48.5 Å². The van der Waals surface area contributed by atoms with Crippen LogP contribution in [0.3, 0.4) is 0 Å². The molecule has 0 atom stereocenters. The summed E-state index contributed by atoms with van der Waals surface area (Å²) >= 11 is 0. The van der Waals surface area contributed by atoms with E-state index < -0.39 is 6.03 Å². The predicted octanol–water partition coefficient (Wildman–Crippen LogP) is 3.29. The molecule has 2 rings (SSSR count). The number of para-hydroxylation sites is 1. The maximum atomic E-state index is 12.1. The van der Waals surface area contributed by atoms with Crippen molar-refractivity contribution in [3.8, 4) is 0 Å². The number of hydrogen-bond acceptors (Lipinski definition) is 3. The van der Waals surface area contributed by atoms with E-state index in [0.717, 1.165) is 23.4 Å². The first-order valence-corrected chi connectivity index (χ1v) is 8.28. The van der Waals surface area contributed by atoms with Gasteiger partial charge in [0.1, 0.15) is 0 Å². The van der Waals surface area contributed by atoms with E-state index in [1.165, 1.54) is 0 Å². The van der Waals surface area contributed by atoms with Crippen LogP contribution in [0, 0.1) is 6.92 Å². The van der Waals surface area contributed by atoms with Crippen molar-refractivity contribution in [3.05, 3.63) is 59.7 Å². The van der Waals surface area contributed by atoms with E-state index >= 15 is 0 Å². The molecule has 6 nitrogen and oxygen atoms in total. The lowest BCUT2D eigenvalue weighted by atomic mass is 10.1. The Morgan fingerprint density at radius 2 is 1.77 bits per heavy atom. The predicted molar refractivity (Wildman–Crippen MR) is 108 cm³/mol. The van der Waals surface area contributed by atoms with E-state index in [2.05, 4.69) is 21.3 Å². The van der Waals surface area contributed by atoms with Crippen LogP contribution in [0.5, 0.6) is 0 Å². The topological polar surface area (TPSA) is 82.3 Å². The molecule has 0 unspecified atom stereocenters. The van der Waals surface area contributed by atoms with Gasteiger partial charge in [-0.05, 0) is 42.8 Å². The molecule has 26 heavy (non-hydrogen) atoms. The van der Waals surface area contributed by atoms with Crippen LogP contribution in [-0.2, 0) is 11.3 Å². The SMILES string of the molecule is CCNCc1ccccc1NC(=O)CNC(=O)Nc1cccc(C)c1.Cl. The first-order valence-electron chi connectivity index (χ1n) is 8.28. The Morgan fingerprint density at radius 1 is 1.00 bits per heavy atom. The molecule has 0 saturated heterocycles. The van der Waals surface area contributed by atoms with Crippen molar-refractivity contribution in [1.82, 2.24) is 10.6 Å². The lowest BCUT2D eigenvalue weighted by Crippen LogP contribution is -2.36. The number of benzene rings is 2. The van der Waals surface area contributed by atoms with Gasteiger partial charge in [0.2, 0.25) is 5.91 Å². The molecule has 0 radical (unpaired) electrons. The van der Waals surface area contributed by atoms with Crippen molar-refractivity contribution in [2.45, 2.75) is 20.4 Å². The minimum Gasteiger partial charge on any atom is -0.329 e. The van der Waals surface area contributed by atoms with E-state index in [1.807, 2.05) is 56.3 Å². The van der Waals surface area contributed by atoms with Crippen molar-refractivity contribution in [3.63, 3.8) is 0 Å². The van der Waals surface area contributed by atoms with Crippen LogP contribution < -0.4 is 21.3 Å². The summed E-state index contributed by atoms with van der Waals surface area (Å²) in [7, 11) is 0. The maximum absolute atomic E-state index is 12.1. The van der Waals surface area contributed by atoms with Gasteiger partial charge in [-0.1, -0.05) is 37.3 Å². The van der Waals surface area contributed by atoms with E-state index in [0.29, 0.717) is 12.2 Å². The molecule has 0 fully saturated rings. The average Bonchev–Trinajstić information content (AvgIpc) is 2.59. The van der Waals surface area contributed by atoms with Gasteiger partial charge in [0.25, 0.3) is 0 Å². The summed E-state index contributed by atoms with van der Waals surface area (Å²) in [5, 5.41) is 11.3. The molecule has 0 heterocycles. The van der Waals surface area contributed by atoms with E-state index in [1.54, 1.807) is 6.07 Å². The smallest absolute Gasteiger partial charge is 0.319 e. The minimum absolute atomic E-state index is 0. The number of anilines is 2. The number of hydrogen-bond donors (Lipinski definition) is 4. The summed E-state index contributed by atoms with van der Waals surface area (Å²) in [6, 6.07) is 14.6. The summed E-state index contributed by atoms with van der Waals surface area (Å²) < 4.78 is 0. The summed E-state index contributed by atoms with van der Waals surface area (Å²) in [6.45, 7) is 5.39. The fraction of sp³-hybridized carbons (Fsp3) is 0.263. The normalized spacial score (nSPS) is 9.77. The third kappa shape index (κ3) is 7.13. The van der Waals surface area contributed by atoms with Gasteiger partial charge in [-0.3, -0.25) is 4.79 Å². The molecule has 0 aliphatic heterocycles. The number of aryl methyl sites for hydroxylation is 1. The van der Waals surface area contributed by atoms with Gasteiger partial charge in [-0.2, -0.15) is 0 Å². The lowest BCUT2D eigenvalue weighted by molar-refractivity contribution is -0.115. The molecule has 2 aromatic rings. The van der Waals surface area contributed by atoms with Crippen molar-refractivity contribution in [2.75, 3.05) is 23.7 Å². The summed E-state index contributed by atoms with van der Waals surface area (Å²) in [6.07, 6.45) is 0. The molecule has 0 aliphatic rings. The lowest BCUT2D eigenvalue weighted by Gasteiger charge is -2.12. The molecule has 0 aliphatic carbocycles. The number of amides is 3. The highest BCUT2D eigenvalue weighted by atomic mass is 35.5. The Bertz CT molecular complexity index is 737. The number of carbonyl (C=O) groups is 2. The van der Waals surface area contributed by atoms with E-state index in [-0.39, 0.29) is 24.9 Å². The van der Waals surface area contributed by atoms with Gasteiger partial charge in [0.15, 0.2) is 0 Å². The largest absolute Gasteiger partial charge is 0.329 e. The number of rotatable bonds is 7. The molecule has 3 amide bonds. The maximum Gasteiger partial charge on any atom is 0.319 e. The molecule has 7 heteroatoms. The standard InChI is InChI=1S/C19H24N4O2.ClH/c1-3-20-12-15-8-4-5-10-17(15)23-18(24)13-21-19(25)22-16-9-6-7-14(2)11-16;/h4-11,20H,3,12-13H2,1-2H3,(H,23,24)(H2,21,22,25);1H. The molecule has 0 saturated carbocycles. The van der Waals surface area contributed by atoms with Gasteiger partial charge < -0.3 is 21.3 Å². The van der Waals surface area contributed by atoms with Crippen LogP contribution in [0.25, 0.3) is 0 Å². The number of carbonyl (C=O) groups excluding carboxylic acids is 2. The fourth-order valence-corrected chi connectivity index (χ4v) is 2.31. The highest BCUT2D eigenvalue weighted by molar-refractivity contribution is 5.97. The van der Waals surface area contributed by atoms with Gasteiger partial charge in [0, 0.05) is 17.9 Å². The van der Waals surface area contributed by atoms with Crippen molar-refractivity contribution in [2.24, 2.45) is 0 Å². The van der Waals surface area contributed by atoms with Crippen LogP contribution in [-0.4, -0.2) is 25.0 Å². The zero-order valence-corrected chi connectivity index (χ0v) is 15.8. The number of urea groups is 1. The highest BCUT2D eigenvalue weighted by Gasteiger charge is 2.08. The summed E-state index contributed by atoms with van der Waals surface area (Å²) in [4.78, 5) is 24.0. The van der Waals surface area contributed by atoms with Crippen molar-refractivity contribution in [1.29, 1.82) is 0 Å². The molecular weight excluding hydrogens is 352 g/mol. The second-order valence-electron chi connectivity index (χ2n) is 5.66. The van der Waals surface area contributed by atoms with Crippen LogP contribution in [0.4, 0.5) is 16.2 Å². The molecule has 0 spiro atoms. The monoisotopic (exact) mass is 376 g/mol. The number of nitrogens with one attached hydrogen (secondary N) is 4. The van der Waals surface area contributed by atoms with E-state index in [4.69, 9.17) is 0 Å². The average molecular weight is 377 g/mol. The Hall–Kier alpha value is -2.57. The van der Waals surface area contributed by atoms with E-state index in [9.17, 15) is 9.59 Å². The third-order valence-corrected chi connectivity index (χ3v) is 3.54. The van der Waals surface area contributed by atoms with Crippen molar-refractivity contribution >= 4 is 35.7 Å². The molecule has 2 aromatic carbocycles. The molecule has 140 valence electrons. The highest BCUT2D eigenvalue weighted by Crippen LogP contribution is 2.14. The zero-order valence-electron chi connectivity index (χ0n) is 15.0. The van der Waals surface area contributed by atoms with Crippen LogP contribution in [0.2, 0.25) is 0 Å². The Morgan fingerprint density at radius 3 is 2.50 bits per heavy atom. The Kier molecular flexibility index (Phi) is 9.19. The Balaban J connectivity index is 0.00000338. The number of halogens is 1. The van der Waals surface area contributed by atoms with Crippen molar-refractivity contribution < 1.29 is 9.59 Å². The third-order valence-electron chi connectivity index (χ3n) is 3.54. The van der Waals surface area contributed by atoms with Gasteiger partial charge in [-0.25, -0.2) is 4.79 Å². The molecule has 4 N–H and O–H groups in total. The summed E-state index contributed by atoms with van der Waals surface area (Å²) in [5.41, 5.74) is 3.48. The second kappa shape index (κ2) is 11.1. The van der Waals surface area contributed by atoms with Gasteiger partial charge >= 0.3 is 6.03 Å². The first kappa shape index (κ1) is 21.5. The fourth-order valence-electron chi connectivity index (χ4n) is 2.31. The minimum atomic E-state index is -0.415. The first-order chi connectivity index (χ1) is 12.1. The van der Waals surface area contributed by atoms with Gasteiger partial charge in [-0.15, -0.1) is 12.4 Å². The summed E-state index contributed by atoms with van der Waals surface area (Å²) in [5.74, 6) is -0.275. The molecule has 0 bridgehead atoms. The van der Waals surface area contributed by atoms with Crippen LogP contribution >= 0.6 is 12.4 Å². The second-order valence-corrected chi connectivity index (χ2v) is 5.66. The van der Waals surface area contributed by atoms with Gasteiger partial charge in [0.05, 0.1) is 6.54 Å². The molecular formula is C19H25ClN4O2. The molecule has 0 aromatic heterocycles. The quantitative estimate of drug-likeness (QED) is 0.598. The zero-order chi connectivity index (χ0) is 18.1.